The van der Waals surface area contributed by atoms with E-state index in [0.717, 1.165) is 15.8 Å². The zero-order chi connectivity index (χ0) is 12.3. The molecule has 0 atom stereocenters. The maximum absolute atomic E-state index is 5.61. The fourth-order valence-electron chi connectivity index (χ4n) is 1.36. The van der Waals surface area contributed by atoms with Crippen molar-refractivity contribution in [3.63, 3.8) is 0 Å². The van der Waals surface area contributed by atoms with Crippen LogP contribution in [-0.2, 0) is 0 Å². The zero-order valence-corrected chi connectivity index (χ0v) is 11.7. The van der Waals surface area contributed by atoms with Crippen molar-refractivity contribution in [2.45, 2.75) is 14.4 Å². The standard InChI is InChI=1S/C14H11BrOS.CH4/c1-10-2-8-13(9-3-10)16-14(17)11-4-6-12(15)7-5-11;/h2-9H,1H3;1H4. The average molecular weight is 323 g/mol. The minimum Gasteiger partial charge on any atom is -0.445 e. The molecule has 0 fully saturated rings. The first kappa shape index (κ1) is 14.9. The van der Waals surface area contributed by atoms with Crippen molar-refractivity contribution in [3.8, 4) is 5.75 Å². The Bertz CT molecular complexity index is 517. The smallest absolute Gasteiger partial charge is 0.198 e. The Balaban J connectivity index is 0.00000162. The molecule has 2 aromatic carbocycles. The molecule has 0 saturated carbocycles. The van der Waals surface area contributed by atoms with E-state index >= 15 is 0 Å². The lowest BCUT2D eigenvalue weighted by atomic mass is 10.2. The normalized spacial score (nSPS) is 9.44. The van der Waals surface area contributed by atoms with Crippen LogP contribution in [0.1, 0.15) is 18.6 Å². The fourth-order valence-corrected chi connectivity index (χ4v) is 1.85. The Morgan fingerprint density at radius 1 is 1.00 bits per heavy atom. The van der Waals surface area contributed by atoms with Crippen molar-refractivity contribution in [1.29, 1.82) is 0 Å². The van der Waals surface area contributed by atoms with E-state index in [9.17, 15) is 0 Å². The van der Waals surface area contributed by atoms with Gasteiger partial charge in [0.1, 0.15) is 5.75 Å². The molecule has 0 aliphatic carbocycles. The number of benzene rings is 2. The number of thiocarbonyl (C=S) groups is 1. The van der Waals surface area contributed by atoms with Crippen LogP contribution in [0.3, 0.4) is 0 Å². The highest BCUT2D eigenvalue weighted by molar-refractivity contribution is 9.10. The summed E-state index contributed by atoms with van der Waals surface area (Å²) in [5, 5.41) is 0.487. The summed E-state index contributed by atoms with van der Waals surface area (Å²) in [6.45, 7) is 2.04. The number of hydrogen-bond acceptors (Lipinski definition) is 2. The minimum absolute atomic E-state index is 0. The van der Waals surface area contributed by atoms with Gasteiger partial charge in [-0.3, -0.25) is 0 Å². The Kier molecular flexibility index (Phi) is 5.51. The number of aryl methyl sites for hydroxylation is 1. The molecule has 3 heteroatoms. The summed E-state index contributed by atoms with van der Waals surface area (Å²) in [6, 6.07) is 15.6. The second-order valence-corrected chi connectivity index (χ2v) is 5.00. The highest BCUT2D eigenvalue weighted by Gasteiger charge is 2.03. The lowest BCUT2D eigenvalue weighted by molar-refractivity contribution is 0.566. The lowest BCUT2D eigenvalue weighted by Crippen LogP contribution is -2.06. The van der Waals surface area contributed by atoms with E-state index in [-0.39, 0.29) is 7.43 Å². The molecule has 0 aromatic heterocycles. The van der Waals surface area contributed by atoms with Crippen LogP contribution in [0.15, 0.2) is 53.0 Å². The van der Waals surface area contributed by atoms with Gasteiger partial charge in [0.05, 0.1) is 0 Å². The van der Waals surface area contributed by atoms with Gasteiger partial charge in [0, 0.05) is 10.0 Å². The molecule has 0 bridgehead atoms. The molecule has 0 radical (unpaired) electrons. The lowest BCUT2D eigenvalue weighted by Gasteiger charge is -2.07. The summed E-state index contributed by atoms with van der Waals surface area (Å²) in [4.78, 5) is 0. The topological polar surface area (TPSA) is 9.23 Å². The first-order chi connectivity index (χ1) is 8.15. The first-order valence-electron chi connectivity index (χ1n) is 5.19. The van der Waals surface area contributed by atoms with Crippen molar-refractivity contribution in [3.05, 3.63) is 64.1 Å². The number of rotatable bonds is 2. The Morgan fingerprint density at radius 2 is 1.56 bits per heavy atom. The summed E-state index contributed by atoms with van der Waals surface area (Å²) in [5.74, 6) is 0.767. The average Bonchev–Trinajstić information content (AvgIpc) is 2.33. The van der Waals surface area contributed by atoms with Gasteiger partial charge in [0.15, 0.2) is 5.05 Å². The maximum Gasteiger partial charge on any atom is 0.198 e. The first-order valence-corrected chi connectivity index (χ1v) is 6.40. The molecule has 0 aliphatic rings. The third-order valence-electron chi connectivity index (χ3n) is 2.31. The van der Waals surface area contributed by atoms with Gasteiger partial charge in [0.25, 0.3) is 0 Å². The van der Waals surface area contributed by atoms with Crippen LogP contribution in [0.4, 0.5) is 0 Å². The van der Waals surface area contributed by atoms with E-state index in [1.54, 1.807) is 0 Å². The molecule has 0 heterocycles. The highest BCUT2D eigenvalue weighted by atomic mass is 79.9. The number of halogens is 1. The van der Waals surface area contributed by atoms with E-state index in [1.807, 2.05) is 55.5 Å². The van der Waals surface area contributed by atoms with Crippen molar-refractivity contribution in [2.24, 2.45) is 0 Å². The number of ether oxygens (including phenoxy) is 1. The predicted octanol–water partition coefficient (Wildman–Crippen LogP) is 5.15. The van der Waals surface area contributed by atoms with E-state index in [4.69, 9.17) is 17.0 Å². The molecular formula is C15H15BrOS. The highest BCUT2D eigenvalue weighted by Crippen LogP contribution is 2.16. The van der Waals surface area contributed by atoms with Crippen LogP contribution >= 0.6 is 28.1 Å². The van der Waals surface area contributed by atoms with E-state index in [1.165, 1.54) is 5.56 Å². The van der Waals surface area contributed by atoms with Gasteiger partial charge in [-0.1, -0.05) is 41.1 Å². The summed E-state index contributed by atoms with van der Waals surface area (Å²) >= 11 is 8.63. The molecule has 0 unspecified atom stereocenters. The predicted molar refractivity (Wildman–Crippen MR) is 84.4 cm³/mol. The van der Waals surface area contributed by atoms with Crippen LogP contribution < -0.4 is 4.74 Å². The Hall–Kier alpha value is -1.19. The minimum atomic E-state index is 0. The summed E-state index contributed by atoms with van der Waals surface area (Å²) in [5.41, 5.74) is 2.11. The van der Waals surface area contributed by atoms with Gasteiger partial charge in [-0.05, 0) is 55.5 Å². The molecule has 2 rings (SSSR count). The largest absolute Gasteiger partial charge is 0.445 e. The molecule has 18 heavy (non-hydrogen) atoms. The van der Waals surface area contributed by atoms with Crippen LogP contribution in [0.25, 0.3) is 0 Å². The Morgan fingerprint density at radius 3 is 2.11 bits per heavy atom. The maximum atomic E-state index is 5.61. The molecule has 1 nitrogen and oxygen atoms in total. The molecule has 2 aromatic rings. The summed E-state index contributed by atoms with van der Waals surface area (Å²) < 4.78 is 6.64. The molecule has 94 valence electrons. The second kappa shape index (κ2) is 6.66. The van der Waals surface area contributed by atoms with Gasteiger partial charge in [0.2, 0.25) is 0 Å². The van der Waals surface area contributed by atoms with Crippen LogP contribution in [-0.4, -0.2) is 5.05 Å². The molecule has 0 N–H and O–H groups in total. The quantitative estimate of drug-likeness (QED) is 0.707. The molecule has 0 amide bonds. The summed E-state index contributed by atoms with van der Waals surface area (Å²) in [7, 11) is 0. The second-order valence-electron chi connectivity index (χ2n) is 3.71. The van der Waals surface area contributed by atoms with Crippen molar-refractivity contribution < 1.29 is 4.74 Å². The van der Waals surface area contributed by atoms with Gasteiger partial charge < -0.3 is 4.74 Å². The fraction of sp³-hybridized carbons (Fsp3) is 0.133. The molecule has 0 spiro atoms. The third-order valence-corrected chi connectivity index (χ3v) is 3.16. The van der Waals surface area contributed by atoms with Crippen molar-refractivity contribution in [2.75, 3.05) is 0 Å². The molecular weight excluding hydrogens is 308 g/mol. The van der Waals surface area contributed by atoms with E-state index in [0.29, 0.717) is 5.05 Å². The Labute approximate surface area is 122 Å². The van der Waals surface area contributed by atoms with Gasteiger partial charge in [-0.2, -0.15) is 0 Å². The van der Waals surface area contributed by atoms with Crippen LogP contribution in [0.5, 0.6) is 5.75 Å². The SMILES string of the molecule is C.Cc1ccc(OC(=S)c2ccc(Br)cc2)cc1. The number of hydrogen-bond donors (Lipinski definition) is 0. The monoisotopic (exact) mass is 322 g/mol. The van der Waals surface area contributed by atoms with Crippen LogP contribution in [0, 0.1) is 6.92 Å². The van der Waals surface area contributed by atoms with E-state index in [2.05, 4.69) is 15.9 Å². The molecule has 0 aliphatic heterocycles. The van der Waals surface area contributed by atoms with Crippen molar-refractivity contribution in [1.82, 2.24) is 0 Å². The van der Waals surface area contributed by atoms with Crippen molar-refractivity contribution >= 4 is 33.2 Å². The van der Waals surface area contributed by atoms with Gasteiger partial charge >= 0.3 is 0 Å². The van der Waals surface area contributed by atoms with E-state index < -0.39 is 0 Å². The van der Waals surface area contributed by atoms with Gasteiger partial charge in [-0.25, -0.2) is 0 Å². The molecule has 0 saturated heterocycles. The summed E-state index contributed by atoms with van der Waals surface area (Å²) in [6.07, 6.45) is 0. The zero-order valence-electron chi connectivity index (χ0n) is 9.31. The van der Waals surface area contributed by atoms with Crippen LogP contribution in [0.2, 0.25) is 0 Å². The van der Waals surface area contributed by atoms with Gasteiger partial charge in [-0.15, -0.1) is 0 Å². The third kappa shape index (κ3) is 3.93.